The van der Waals surface area contributed by atoms with Crippen LogP contribution in [0.4, 0.5) is 4.39 Å². The normalized spacial score (nSPS) is 18.9. The van der Waals surface area contributed by atoms with Crippen molar-refractivity contribution in [2.24, 2.45) is 5.41 Å². The van der Waals surface area contributed by atoms with Crippen molar-refractivity contribution in [2.75, 3.05) is 27.2 Å². The first-order chi connectivity index (χ1) is 13.3. The number of halogens is 1. The number of likely N-dealkylation sites (tertiary alicyclic amines) is 1. The van der Waals surface area contributed by atoms with Crippen molar-refractivity contribution in [1.82, 2.24) is 9.80 Å². The molecule has 2 aromatic rings. The minimum absolute atomic E-state index is 0.0612. The lowest BCUT2D eigenvalue weighted by Crippen LogP contribution is -2.44. The van der Waals surface area contributed by atoms with Crippen LogP contribution >= 0.6 is 0 Å². The Morgan fingerprint density at radius 2 is 1.82 bits per heavy atom. The fourth-order valence-corrected chi connectivity index (χ4v) is 4.07. The third-order valence-electron chi connectivity index (χ3n) is 5.52. The van der Waals surface area contributed by atoms with Gasteiger partial charge in [0, 0.05) is 33.6 Å². The van der Waals surface area contributed by atoms with Crippen molar-refractivity contribution >= 4 is 11.8 Å². The van der Waals surface area contributed by atoms with Gasteiger partial charge in [0.15, 0.2) is 0 Å². The average molecular weight is 382 g/mol. The second kappa shape index (κ2) is 8.13. The van der Waals surface area contributed by atoms with Crippen LogP contribution < -0.4 is 0 Å². The summed E-state index contributed by atoms with van der Waals surface area (Å²) in [5.74, 6) is -0.110. The molecule has 1 aliphatic rings. The van der Waals surface area contributed by atoms with Gasteiger partial charge in [-0.05, 0) is 41.7 Å². The first-order valence-electron chi connectivity index (χ1n) is 9.69. The van der Waals surface area contributed by atoms with E-state index in [0.717, 1.165) is 16.7 Å². The lowest BCUT2D eigenvalue weighted by molar-refractivity contribution is -0.139. The topological polar surface area (TPSA) is 40.6 Å². The fraction of sp³-hybridized carbons (Fsp3) is 0.391. The predicted molar refractivity (Wildman–Crippen MR) is 108 cm³/mol. The highest BCUT2D eigenvalue weighted by atomic mass is 19.1. The third-order valence-corrected chi connectivity index (χ3v) is 5.52. The van der Waals surface area contributed by atoms with E-state index in [-0.39, 0.29) is 17.6 Å². The molecule has 148 valence electrons. The van der Waals surface area contributed by atoms with Crippen molar-refractivity contribution < 1.29 is 14.0 Å². The molecule has 0 saturated carbocycles. The average Bonchev–Trinajstić information content (AvgIpc) is 3.12. The molecule has 4 nitrogen and oxygen atoms in total. The summed E-state index contributed by atoms with van der Waals surface area (Å²) < 4.78 is 13.2. The monoisotopic (exact) mass is 382 g/mol. The summed E-state index contributed by atoms with van der Waals surface area (Å²) in [6, 6.07) is 14.4. The van der Waals surface area contributed by atoms with Crippen LogP contribution in [0.25, 0.3) is 11.1 Å². The molecule has 0 aliphatic carbocycles. The summed E-state index contributed by atoms with van der Waals surface area (Å²) >= 11 is 0. The first-order valence-corrected chi connectivity index (χ1v) is 9.69. The molecule has 0 spiro atoms. The number of hydrogen-bond donors (Lipinski definition) is 0. The highest BCUT2D eigenvalue weighted by Crippen LogP contribution is 2.37. The summed E-state index contributed by atoms with van der Waals surface area (Å²) in [6.07, 6.45) is 1.69. The van der Waals surface area contributed by atoms with Gasteiger partial charge in [0.05, 0.1) is 5.41 Å². The van der Waals surface area contributed by atoms with E-state index >= 15 is 0 Å². The Morgan fingerprint density at radius 1 is 1.11 bits per heavy atom. The van der Waals surface area contributed by atoms with Crippen molar-refractivity contribution in [3.05, 3.63) is 59.9 Å². The minimum Gasteiger partial charge on any atom is -0.348 e. The van der Waals surface area contributed by atoms with E-state index < -0.39 is 5.41 Å². The van der Waals surface area contributed by atoms with E-state index in [1.807, 2.05) is 30.0 Å². The highest BCUT2D eigenvalue weighted by molar-refractivity contribution is 5.85. The van der Waals surface area contributed by atoms with E-state index in [9.17, 15) is 14.0 Å². The van der Waals surface area contributed by atoms with Crippen molar-refractivity contribution in [1.29, 1.82) is 0 Å². The lowest BCUT2D eigenvalue weighted by Gasteiger charge is -2.31. The summed E-state index contributed by atoms with van der Waals surface area (Å²) in [4.78, 5) is 28.7. The van der Waals surface area contributed by atoms with E-state index in [2.05, 4.69) is 6.07 Å². The Labute approximate surface area is 166 Å². The molecule has 28 heavy (non-hydrogen) atoms. The zero-order chi connectivity index (χ0) is 20.3. The Bertz CT molecular complexity index is 863. The number of benzene rings is 2. The largest absolute Gasteiger partial charge is 0.348 e. The van der Waals surface area contributed by atoms with Gasteiger partial charge in [-0.25, -0.2) is 4.39 Å². The molecule has 1 fully saturated rings. The zero-order valence-electron chi connectivity index (χ0n) is 16.7. The number of rotatable bonds is 5. The van der Waals surface area contributed by atoms with Crippen LogP contribution in [0.5, 0.6) is 0 Å². The Hall–Kier alpha value is -2.69. The number of carbonyl (C=O) groups is 2. The van der Waals surface area contributed by atoms with E-state index in [1.165, 1.54) is 12.1 Å². The molecule has 0 aromatic heterocycles. The Kier molecular flexibility index (Phi) is 5.82. The maximum absolute atomic E-state index is 13.2. The third kappa shape index (κ3) is 4.08. The Balaban J connectivity index is 1.89. The van der Waals surface area contributed by atoms with Crippen LogP contribution in [0.1, 0.15) is 25.3 Å². The summed E-state index contributed by atoms with van der Waals surface area (Å²) in [5.41, 5.74) is 2.37. The number of carbonyl (C=O) groups excluding carboxylic acids is 2. The summed E-state index contributed by atoms with van der Waals surface area (Å²) in [5, 5.41) is 0. The molecule has 1 heterocycles. The Morgan fingerprint density at radius 3 is 2.46 bits per heavy atom. The highest BCUT2D eigenvalue weighted by Gasteiger charge is 2.46. The number of nitrogens with zero attached hydrogens (tertiary/aromatic N) is 2. The lowest BCUT2D eigenvalue weighted by atomic mass is 9.79. The molecular formula is C23H27FN2O2. The van der Waals surface area contributed by atoms with Gasteiger partial charge in [-0.3, -0.25) is 9.59 Å². The van der Waals surface area contributed by atoms with Crippen LogP contribution in [-0.4, -0.2) is 48.8 Å². The molecule has 2 aromatic carbocycles. The van der Waals surface area contributed by atoms with Crippen LogP contribution in [0.15, 0.2) is 48.5 Å². The fourth-order valence-electron chi connectivity index (χ4n) is 4.07. The van der Waals surface area contributed by atoms with Crippen molar-refractivity contribution in [3.8, 4) is 11.1 Å². The van der Waals surface area contributed by atoms with Gasteiger partial charge in [0.2, 0.25) is 11.8 Å². The molecule has 1 saturated heterocycles. The SMILES string of the molecule is CCC(=O)N1CC[C@](Cc2cccc(-c3ccc(F)cc3)c2)(C(=O)N(C)C)C1. The quantitative estimate of drug-likeness (QED) is 0.790. The second-order valence-electron chi connectivity index (χ2n) is 7.78. The van der Waals surface area contributed by atoms with Crippen molar-refractivity contribution in [3.63, 3.8) is 0 Å². The molecule has 1 aliphatic heterocycles. The molecule has 3 rings (SSSR count). The van der Waals surface area contributed by atoms with Gasteiger partial charge in [0.25, 0.3) is 0 Å². The van der Waals surface area contributed by atoms with Crippen LogP contribution in [-0.2, 0) is 16.0 Å². The van der Waals surface area contributed by atoms with Gasteiger partial charge >= 0.3 is 0 Å². The van der Waals surface area contributed by atoms with E-state index in [4.69, 9.17) is 0 Å². The van der Waals surface area contributed by atoms with Gasteiger partial charge in [-0.2, -0.15) is 0 Å². The molecule has 0 bridgehead atoms. The molecular weight excluding hydrogens is 355 g/mol. The maximum atomic E-state index is 13.2. The number of amides is 2. The van der Waals surface area contributed by atoms with Crippen LogP contribution in [0.2, 0.25) is 0 Å². The van der Waals surface area contributed by atoms with Crippen molar-refractivity contribution in [2.45, 2.75) is 26.2 Å². The van der Waals surface area contributed by atoms with Gasteiger partial charge in [0.1, 0.15) is 5.82 Å². The van der Waals surface area contributed by atoms with Gasteiger partial charge in [-0.1, -0.05) is 43.3 Å². The van der Waals surface area contributed by atoms with E-state index in [1.54, 1.807) is 31.1 Å². The maximum Gasteiger partial charge on any atom is 0.230 e. The predicted octanol–water partition coefficient (Wildman–Crippen LogP) is 3.75. The molecule has 0 radical (unpaired) electrons. The van der Waals surface area contributed by atoms with Gasteiger partial charge < -0.3 is 9.80 Å². The van der Waals surface area contributed by atoms with Crippen LogP contribution in [0.3, 0.4) is 0 Å². The minimum atomic E-state index is -0.601. The molecule has 0 N–H and O–H groups in total. The standard InChI is InChI=1S/C23H27FN2O2/c1-4-21(27)26-13-12-23(16-26,22(28)25(2)3)15-17-6-5-7-19(14-17)18-8-10-20(24)11-9-18/h5-11,14H,4,12-13,15-16H2,1-3H3/t23-/m1/s1. The zero-order valence-corrected chi connectivity index (χ0v) is 16.7. The van der Waals surface area contributed by atoms with Gasteiger partial charge in [-0.15, -0.1) is 0 Å². The smallest absolute Gasteiger partial charge is 0.230 e. The molecule has 1 atom stereocenters. The molecule has 5 heteroatoms. The second-order valence-corrected chi connectivity index (χ2v) is 7.78. The number of hydrogen-bond acceptors (Lipinski definition) is 2. The van der Waals surface area contributed by atoms with Crippen LogP contribution in [0, 0.1) is 11.2 Å². The molecule has 2 amide bonds. The molecule has 0 unspecified atom stereocenters. The summed E-state index contributed by atoms with van der Waals surface area (Å²) in [7, 11) is 3.53. The summed E-state index contributed by atoms with van der Waals surface area (Å²) in [6.45, 7) is 2.92. The van der Waals surface area contributed by atoms with E-state index in [0.29, 0.717) is 32.4 Å². The first kappa shape index (κ1) is 20.1.